The predicted molar refractivity (Wildman–Crippen MR) is 73.8 cm³/mol. The van der Waals surface area contributed by atoms with E-state index in [1.165, 1.54) is 19.1 Å². The second-order valence-electron chi connectivity index (χ2n) is 4.54. The molecule has 0 spiro atoms. The molecule has 0 saturated heterocycles. The number of nitrogens with one attached hydrogen (secondary N) is 1. The van der Waals surface area contributed by atoms with E-state index in [-0.39, 0.29) is 18.9 Å². The fraction of sp³-hybridized carbons (Fsp3) is 0.429. The van der Waals surface area contributed by atoms with Crippen molar-refractivity contribution in [3.63, 3.8) is 0 Å². The van der Waals surface area contributed by atoms with E-state index in [9.17, 15) is 19.8 Å². The number of carbonyl (C=O) groups excluding carboxylic acids is 1. The van der Waals surface area contributed by atoms with Crippen LogP contribution in [0.3, 0.4) is 0 Å². The molecule has 0 fully saturated rings. The van der Waals surface area contributed by atoms with Crippen LogP contribution in [0.5, 0.6) is 5.75 Å². The van der Waals surface area contributed by atoms with Crippen LogP contribution < -0.4 is 10.1 Å². The molecule has 116 valence electrons. The highest BCUT2D eigenvalue weighted by molar-refractivity contribution is 5.72. The normalized spacial score (nSPS) is 13.3. The molecule has 0 aliphatic carbocycles. The number of ether oxygens (including phenoxy) is 1. The van der Waals surface area contributed by atoms with Crippen molar-refractivity contribution in [1.82, 2.24) is 5.32 Å². The van der Waals surface area contributed by atoms with E-state index in [1.807, 2.05) is 0 Å². The SMILES string of the molecule is CC(=O)NCCC(O)C(O)c1ccc(OCC(=O)O)cc1. The number of aliphatic carboxylic acids is 1. The molecule has 21 heavy (non-hydrogen) atoms. The maximum atomic E-state index is 10.7. The molecule has 0 aromatic heterocycles. The van der Waals surface area contributed by atoms with Crippen LogP contribution in [-0.2, 0) is 9.59 Å². The monoisotopic (exact) mass is 297 g/mol. The van der Waals surface area contributed by atoms with Crippen molar-refractivity contribution in [3.8, 4) is 5.75 Å². The highest BCUT2D eigenvalue weighted by Gasteiger charge is 2.18. The summed E-state index contributed by atoms with van der Waals surface area (Å²) in [5, 5.41) is 30.8. The number of carboxylic acids is 1. The molecule has 7 nitrogen and oxygen atoms in total. The first kappa shape index (κ1) is 16.9. The van der Waals surface area contributed by atoms with Crippen molar-refractivity contribution in [2.24, 2.45) is 0 Å². The number of carboxylic acid groups (broad SMARTS) is 1. The first-order chi connectivity index (χ1) is 9.90. The Morgan fingerprint density at radius 3 is 2.38 bits per heavy atom. The fourth-order valence-electron chi connectivity index (χ4n) is 1.68. The van der Waals surface area contributed by atoms with Crippen molar-refractivity contribution in [1.29, 1.82) is 0 Å². The van der Waals surface area contributed by atoms with Crippen LogP contribution in [0.15, 0.2) is 24.3 Å². The molecule has 0 heterocycles. The van der Waals surface area contributed by atoms with Gasteiger partial charge in [0.2, 0.25) is 5.91 Å². The van der Waals surface area contributed by atoms with Crippen LogP contribution in [0.4, 0.5) is 0 Å². The fourth-order valence-corrected chi connectivity index (χ4v) is 1.68. The second kappa shape index (κ2) is 8.23. The zero-order chi connectivity index (χ0) is 15.8. The molecule has 1 aromatic rings. The Bertz CT molecular complexity index is 473. The third-order valence-corrected chi connectivity index (χ3v) is 2.76. The van der Waals surface area contributed by atoms with E-state index in [0.29, 0.717) is 11.3 Å². The van der Waals surface area contributed by atoms with Gasteiger partial charge in [0.25, 0.3) is 0 Å². The number of aliphatic hydroxyl groups is 2. The maximum Gasteiger partial charge on any atom is 0.341 e. The number of carbonyl (C=O) groups is 2. The summed E-state index contributed by atoms with van der Waals surface area (Å²) < 4.78 is 4.96. The molecule has 0 radical (unpaired) electrons. The Hall–Kier alpha value is -2.12. The predicted octanol–water partition coefficient (Wildman–Crippen LogP) is 0.0705. The quantitative estimate of drug-likeness (QED) is 0.539. The average Bonchev–Trinajstić information content (AvgIpc) is 2.44. The van der Waals surface area contributed by atoms with Crippen LogP contribution in [0, 0.1) is 0 Å². The third-order valence-electron chi connectivity index (χ3n) is 2.76. The topological polar surface area (TPSA) is 116 Å². The van der Waals surface area contributed by atoms with Crippen LogP contribution in [0.25, 0.3) is 0 Å². The molecule has 0 aliphatic rings. The van der Waals surface area contributed by atoms with Crippen LogP contribution in [0.1, 0.15) is 25.0 Å². The molecule has 1 amide bonds. The summed E-state index contributed by atoms with van der Waals surface area (Å²) in [5.74, 6) is -0.912. The van der Waals surface area contributed by atoms with Crippen LogP contribution >= 0.6 is 0 Å². The lowest BCUT2D eigenvalue weighted by Crippen LogP contribution is -2.27. The molecule has 1 rings (SSSR count). The smallest absolute Gasteiger partial charge is 0.341 e. The minimum atomic E-state index is -1.09. The summed E-state index contributed by atoms with van der Waals surface area (Å²) in [6, 6.07) is 6.12. The van der Waals surface area contributed by atoms with Gasteiger partial charge in [0.15, 0.2) is 6.61 Å². The van der Waals surface area contributed by atoms with E-state index in [2.05, 4.69) is 5.32 Å². The van der Waals surface area contributed by atoms with Gasteiger partial charge in [-0.1, -0.05) is 12.1 Å². The molecular formula is C14H19NO6. The van der Waals surface area contributed by atoms with Crippen molar-refractivity contribution >= 4 is 11.9 Å². The van der Waals surface area contributed by atoms with Gasteiger partial charge in [-0.25, -0.2) is 4.79 Å². The van der Waals surface area contributed by atoms with E-state index in [0.717, 1.165) is 0 Å². The van der Waals surface area contributed by atoms with E-state index in [1.54, 1.807) is 12.1 Å². The highest BCUT2D eigenvalue weighted by atomic mass is 16.5. The lowest BCUT2D eigenvalue weighted by Gasteiger charge is -2.18. The molecule has 7 heteroatoms. The van der Waals surface area contributed by atoms with E-state index < -0.39 is 24.8 Å². The number of hydrogen-bond donors (Lipinski definition) is 4. The minimum absolute atomic E-state index is 0.198. The van der Waals surface area contributed by atoms with Gasteiger partial charge in [0.1, 0.15) is 11.9 Å². The second-order valence-corrected chi connectivity index (χ2v) is 4.54. The lowest BCUT2D eigenvalue weighted by atomic mass is 10.0. The zero-order valence-corrected chi connectivity index (χ0v) is 11.7. The third kappa shape index (κ3) is 6.24. The van der Waals surface area contributed by atoms with Gasteiger partial charge >= 0.3 is 5.97 Å². The standard InChI is InChI=1S/C14H19NO6/c1-9(16)15-7-6-12(17)14(20)10-2-4-11(5-3-10)21-8-13(18)19/h2-5,12,14,17,20H,6-8H2,1H3,(H,15,16)(H,18,19). The molecule has 2 atom stereocenters. The zero-order valence-electron chi connectivity index (χ0n) is 11.7. The van der Waals surface area contributed by atoms with E-state index in [4.69, 9.17) is 9.84 Å². The first-order valence-electron chi connectivity index (χ1n) is 6.45. The van der Waals surface area contributed by atoms with Gasteiger partial charge in [-0.2, -0.15) is 0 Å². The Kier molecular flexibility index (Phi) is 6.64. The molecule has 0 saturated carbocycles. The maximum absolute atomic E-state index is 10.7. The Balaban J connectivity index is 2.51. The van der Waals surface area contributed by atoms with Crippen LogP contribution in [-0.4, -0.2) is 46.5 Å². The number of aliphatic hydroxyl groups excluding tert-OH is 2. The molecular weight excluding hydrogens is 278 g/mol. The molecule has 1 aromatic carbocycles. The summed E-state index contributed by atoms with van der Waals surface area (Å²) in [6.07, 6.45) is -1.88. The summed E-state index contributed by atoms with van der Waals surface area (Å²) >= 11 is 0. The average molecular weight is 297 g/mol. The van der Waals surface area contributed by atoms with Crippen molar-refractivity contribution in [2.75, 3.05) is 13.2 Å². The summed E-state index contributed by atoms with van der Waals surface area (Å²) in [6.45, 7) is 1.20. The highest BCUT2D eigenvalue weighted by Crippen LogP contribution is 2.21. The van der Waals surface area contributed by atoms with Gasteiger partial charge in [-0.05, 0) is 24.1 Å². The Morgan fingerprint density at radius 1 is 1.24 bits per heavy atom. The van der Waals surface area contributed by atoms with Crippen molar-refractivity contribution < 1.29 is 29.6 Å². The molecule has 0 bridgehead atoms. The van der Waals surface area contributed by atoms with Gasteiger partial charge in [0.05, 0.1) is 6.10 Å². The number of benzene rings is 1. The van der Waals surface area contributed by atoms with Gasteiger partial charge in [0, 0.05) is 13.5 Å². The first-order valence-corrected chi connectivity index (χ1v) is 6.45. The summed E-state index contributed by atoms with van der Waals surface area (Å²) in [7, 11) is 0. The summed E-state index contributed by atoms with van der Waals surface area (Å²) in [4.78, 5) is 21.1. The summed E-state index contributed by atoms with van der Waals surface area (Å²) in [5.41, 5.74) is 0.480. The molecule has 2 unspecified atom stereocenters. The Morgan fingerprint density at radius 2 is 1.86 bits per heavy atom. The lowest BCUT2D eigenvalue weighted by molar-refractivity contribution is -0.139. The molecule has 4 N–H and O–H groups in total. The van der Waals surface area contributed by atoms with Crippen molar-refractivity contribution in [3.05, 3.63) is 29.8 Å². The van der Waals surface area contributed by atoms with Gasteiger partial charge in [-0.15, -0.1) is 0 Å². The Labute approximate surface area is 122 Å². The molecule has 0 aliphatic heterocycles. The van der Waals surface area contributed by atoms with Crippen molar-refractivity contribution in [2.45, 2.75) is 25.6 Å². The number of rotatable bonds is 8. The van der Waals surface area contributed by atoms with E-state index >= 15 is 0 Å². The minimum Gasteiger partial charge on any atom is -0.482 e. The largest absolute Gasteiger partial charge is 0.482 e. The number of amides is 1. The van der Waals surface area contributed by atoms with Crippen LogP contribution in [0.2, 0.25) is 0 Å². The number of hydrogen-bond acceptors (Lipinski definition) is 5. The van der Waals surface area contributed by atoms with Gasteiger partial charge in [-0.3, -0.25) is 4.79 Å². The van der Waals surface area contributed by atoms with Gasteiger partial charge < -0.3 is 25.4 Å².